The van der Waals surface area contributed by atoms with Gasteiger partial charge in [0.25, 0.3) is 0 Å². The van der Waals surface area contributed by atoms with Crippen molar-refractivity contribution >= 4 is 16.5 Å². The highest BCUT2D eigenvalue weighted by molar-refractivity contribution is 7.15. The first-order valence-electron chi connectivity index (χ1n) is 7.17. The van der Waals surface area contributed by atoms with E-state index in [9.17, 15) is 0 Å². The number of hydrogen-bond acceptors (Lipinski definition) is 4. The largest absolute Gasteiger partial charge is 0.346 e. The lowest BCUT2D eigenvalue weighted by atomic mass is 9.98. The van der Waals surface area contributed by atoms with Crippen LogP contribution in [0.5, 0.6) is 0 Å². The third-order valence-corrected chi connectivity index (χ3v) is 4.77. The van der Waals surface area contributed by atoms with Gasteiger partial charge in [0.05, 0.1) is 11.7 Å². The highest BCUT2D eigenvalue weighted by atomic mass is 32.1. The van der Waals surface area contributed by atoms with Crippen molar-refractivity contribution in [2.75, 3.05) is 18.0 Å². The molecule has 0 amide bonds. The number of rotatable bonds is 5. The van der Waals surface area contributed by atoms with Crippen LogP contribution in [-0.2, 0) is 6.42 Å². The third kappa shape index (κ3) is 2.69. The van der Waals surface area contributed by atoms with Crippen LogP contribution in [0.2, 0.25) is 0 Å². The van der Waals surface area contributed by atoms with E-state index < -0.39 is 0 Å². The molecule has 0 bridgehead atoms. The van der Waals surface area contributed by atoms with Crippen molar-refractivity contribution in [3.05, 3.63) is 10.6 Å². The SMILES string of the molecule is CCNC1CCCc2sc(N(CC)C(C)C)nc21. The average molecular weight is 267 g/mol. The number of nitrogens with zero attached hydrogens (tertiary/aromatic N) is 2. The summed E-state index contributed by atoms with van der Waals surface area (Å²) in [6, 6.07) is 1.01. The summed E-state index contributed by atoms with van der Waals surface area (Å²) in [5, 5.41) is 4.78. The second-order valence-electron chi connectivity index (χ2n) is 5.19. The minimum absolute atomic E-state index is 0.481. The molecule has 2 rings (SSSR count). The van der Waals surface area contributed by atoms with Crippen molar-refractivity contribution < 1.29 is 0 Å². The fourth-order valence-electron chi connectivity index (χ4n) is 2.69. The molecule has 1 heterocycles. The first-order chi connectivity index (χ1) is 8.67. The molecule has 0 aromatic carbocycles. The van der Waals surface area contributed by atoms with Crippen molar-refractivity contribution in [1.29, 1.82) is 0 Å². The Morgan fingerprint density at radius 2 is 2.22 bits per heavy atom. The summed E-state index contributed by atoms with van der Waals surface area (Å²) in [6.07, 6.45) is 3.74. The van der Waals surface area contributed by atoms with Crippen molar-refractivity contribution in [2.45, 2.75) is 59.0 Å². The number of aromatic nitrogens is 1. The lowest BCUT2D eigenvalue weighted by Gasteiger charge is -2.24. The zero-order chi connectivity index (χ0) is 13.1. The Bertz CT molecular complexity index is 386. The Morgan fingerprint density at radius 1 is 1.44 bits per heavy atom. The van der Waals surface area contributed by atoms with Crippen molar-refractivity contribution in [3.63, 3.8) is 0 Å². The topological polar surface area (TPSA) is 28.2 Å². The highest BCUT2D eigenvalue weighted by Gasteiger charge is 2.25. The summed E-state index contributed by atoms with van der Waals surface area (Å²) < 4.78 is 0. The highest BCUT2D eigenvalue weighted by Crippen LogP contribution is 2.37. The van der Waals surface area contributed by atoms with Gasteiger partial charge in [-0.15, -0.1) is 11.3 Å². The van der Waals surface area contributed by atoms with Crippen LogP contribution >= 0.6 is 11.3 Å². The molecule has 3 nitrogen and oxygen atoms in total. The maximum absolute atomic E-state index is 4.93. The normalized spacial score (nSPS) is 19.1. The van der Waals surface area contributed by atoms with Crippen LogP contribution in [0, 0.1) is 0 Å². The number of thiazole rings is 1. The van der Waals surface area contributed by atoms with Gasteiger partial charge in [-0.1, -0.05) is 6.92 Å². The van der Waals surface area contributed by atoms with E-state index in [1.165, 1.54) is 35.0 Å². The number of aryl methyl sites for hydroxylation is 1. The molecule has 1 aromatic heterocycles. The van der Waals surface area contributed by atoms with Crippen LogP contribution in [-0.4, -0.2) is 24.1 Å². The summed E-state index contributed by atoms with van der Waals surface area (Å²) in [4.78, 5) is 8.82. The van der Waals surface area contributed by atoms with E-state index in [1.807, 2.05) is 11.3 Å². The Hall–Kier alpha value is -0.610. The molecule has 1 unspecified atom stereocenters. The van der Waals surface area contributed by atoms with E-state index in [-0.39, 0.29) is 0 Å². The molecule has 102 valence electrons. The molecule has 0 radical (unpaired) electrons. The first-order valence-corrected chi connectivity index (χ1v) is 7.98. The molecule has 0 aliphatic heterocycles. The van der Waals surface area contributed by atoms with Gasteiger partial charge >= 0.3 is 0 Å². The molecule has 1 N–H and O–H groups in total. The van der Waals surface area contributed by atoms with Crippen molar-refractivity contribution in [2.24, 2.45) is 0 Å². The summed E-state index contributed by atoms with van der Waals surface area (Å²) in [5.41, 5.74) is 1.32. The Balaban J connectivity index is 2.26. The van der Waals surface area contributed by atoms with Crippen LogP contribution in [0.1, 0.15) is 57.1 Å². The van der Waals surface area contributed by atoms with Gasteiger partial charge < -0.3 is 10.2 Å². The van der Waals surface area contributed by atoms with Gasteiger partial charge in [0, 0.05) is 17.5 Å². The van der Waals surface area contributed by atoms with Crippen LogP contribution in [0.15, 0.2) is 0 Å². The van der Waals surface area contributed by atoms with Crippen LogP contribution < -0.4 is 10.2 Å². The fourth-order valence-corrected chi connectivity index (χ4v) is 4.06. The molecule has 1 aliphatic rings. The number of hydrogen-bond donors (Lipinski definition) is 1. The molecule has 0 saturated carbocycles. The third-order valence-electron chi connectivity index (χ3n) is 3.60. The van der Waals surface area contributed by atoms with Crippen molar-refractivity contribution in [1.82, 2.24) is 10.3 Å². The van der Waals surface area contributed by atoms with Crippen LogP contribution in [0.4, 0.5) is 5.13 Å². The lowest BCUT2D eigenvalue weighted by Crippen LogP contribution is -2.30. The van der Waals surface area contributed by atoms with Gasteiger partial charge in [-0.25, -0.2) is 4.98 Å². The Labute approximate surface area is 115 Å². The second-order valence-corrected chi connectivity index (χ2v) is 6.25. The smallest absolute Gasteiger partial charge is 0.186 e. The summed E-state index contributed by atoms with van der Waals surface area (Å²) in [5.74, 6) is 0. The number of fused-ring (bicyclic) bond motifs is 1. The Morgan fingerprint density at radius 3 is 2.83 bits per heavy atom. The van der Waals surface area contributed by atoms with E-state index in [0.29, 0.717) is 12.1 Å². The molecule has 0 fully saturated rings. The molecule has 1 aromatic rings. The standard InChI is InChI=1S/C14H25N3S/c1-5-15-11-8-7-9-12-13(11)16-14(18-12)17(6-2)10(3)4/h10-11,15H,5-9H2,1-4H3. The quantitative estimate of drug-likeness (QED) is 0.886. The van der Waals surface area contributed by atoms with E-state index in [1.54, 1.807) is 0 Å². The second kappa shape index (κ2) is 6.02. The zero-order valence-corrected chi connectivity index (χ0v) is 12.8. The van der Waals surface area contributed by atoms with Crippen LogP contribution in [0.25, 0.3) is 0 Å². The number of nitrogens with one attached hydrogen (secondary N) is 1. The van der Waals surface area contributed by atoms with Crippen LogP contribution in [0.3, 0.4) is 0 Å². The summed E-state index contributed by atoms with van der Waals surface area (Å²) in [7, 11) is 0. The van der Waals surface area contributed by atoms with Gasteiger partial charge in [0.1, 0.15) is 0 Å². The zero-order valence-electron chi connectivity index (χ0n) is 12.0. The molecule has 0 spiro atoms. The van der Waals surface area contributed by atoms with Gasteiger partial charge in [0.15, 0.2) is 5.13 Å². The molecular formula is C14H25N3S. The van der Waals surface area contributed by atoms with E-state index in [4.69, 9.17) is 4.98 Å². The molecule has 18 heavy (non-hydrogen) atoms. The van der Waals surface area contributed by atoms with Gasteiger partial charge in [-0.05, 0) is 46.6 Å². The fraction of sp³-hybridized carbons (Fsp3) is 0.786. The monoisotopic (exact) mass is 267 g/mol. The maximum Gasteiger partial charge on any atom is 0.186 e. The van der Waals surface area contributed by atoms with Gasteiger partial charge in [-0.3, -0.25) is 0 Å². The van der Waals surface area contributed by atoms with Crippen molar-refractivity contribution in [3.8, 4) is 0 Å². The maximum atomic E-state index is 4.93. The lowest BCUT2D eigenvalue weighted by molar-refractivity contribution is 0.465. The number of anilines is 1. The molecular weight excluding hydrogens is 242 g/mol. The van der Waals surface area contributed by atoms with E-state index in [0.717, 1.165) is 13.1 Å². The Kier molecular flexibility index (Phi) is 4.62. The molecule has 0 saturated heterocycles. The molecule has 4 heteroatoms. The predicted octanol–water partition coefficient (Wildman–Crippen LogP) is 3.36. The first kappa shape index (κ1) is 13.8. The average Bonchev–Trinajstić information content (AvgIpc) is 2.74. The minimum atomic E-state index is 0.481. The summed E-state index contributed by atoms with van der Waals surface area (Å²) in [6.45, 7) is 10.9. The van der Waals surface area contributed by atoms with Gasteiger partial charge in [-0.2, -0.15) is 0 Å². The minimum Gasteiger partial charge on any atom is -0.346 e. The molecule has 1 atom stereocenters. The van der Waals surface area contributed by atoms with Gasteiger partial charge in [0.2, 0.25) is 0 Å². The van der Waals surface area contributed by atoms with E-state index >= 15 is 0 Å². The molecule has 1 aliphatic carbocycles. The summed E-state index contributed by atoms with van der Waals surface area (Å²) >= 11 is 1.90. The van der Waals surface area contributed by atoms with E-state index in [2.05, 4.69) is 37.9 Å². The predicted molar refractivity (Wildman–Crippen MR) is 79.6 cm³/mol.